The van der Waals surface area contributed by atoms with Crippen LogP contribution >= 0.6 is 0 Å². The van der Waals surface area contributed by atoms with Gasteiger partial charge in [-0.2, -0.15) is 0 Å². The zero-order chi connectivity index (χ0) is 22.6. The largest absolute Gasteiger partial charge is 0.497 e. The Bertz CT molecular complexity index is 1290. The van der Waals surface area contributed by atoms with Crippen LogP contribution in [0.4, 0.5) is 17.1 Å². The Kier molecular flexibility index (Phi) is 4.37. The third kappa shape index (κ3) is 2.60. The molecule has 162 valence electrons. The number of benzene rings is 3. The van der Waals surface area contributed by atoms with Crippen molar-refractivity contribution in [1.82, 2.24) is 0 Å². The van der Waals surface area contributed by atoms with E-state index in [1.54, 1.807) is 37.4 Å². The van der Waals surface area contributed by atoms with Crippen LogP contribution in [0, 0.1) is 13.8 Å². The first-order chi connectivity index (χ1) is 15.4. The molecule has 2 N–H and O–H groups in total. The second-order valence-corrected chi connectivity index (χ2v) is 8.02. The Hall–Kier alpha value is -4.00. The van der Waals surface area contributed by atoms with Crippen molar-refractivity contribution in [2.24, 2.45) is 0 Å². The average Bonchev–Trinajstić information content (AvgIpc) is 3.06. The molecule has 2 heterocycles. The van der Waals surface area contributed by atoms with Crippen LogP contribution in [-0.2, 0) is 10.5 Å². The highest BCUT2D eigenvalue weighted by molar-refractivity contribution is 6.22. The quantitative estimate of drug-likeness (QED) is 0.652. The first-order valence-electron chi connectivity index (χ1n) is 10.3. The van der Waals surface area contributed by atoms with Crippen LogP contribution in [0.1, 0.15) is 27.0 Å². The highest BCUT2D eigenvalue weighted by Gasteiger charge is 2.58. The standard InChI is InChI=1S/C25H23N3O4/c1-14-11-15(2)22-18(12-14)25(24(30)26-22)27-19-8-6-5-7-17(19)23(29)28(25)20-10-9-16(31-3)13-21(20)32-4/h5-13,27H,1-4H3,(H,26,30). The molecular formula is C25H23N3O4. The highest BCUT2D eigenvalue weighted by atomic mass is 16.5. The maximum Gasteiger partial charge on any atom is 0.276 e. The lowest BCUT2D eigenvalue weighted by Gasteiger charge is -2.45. The van der Waals surface area contributed by atoms with Gasteiger partial charge in [0.1, 0.15) is 11.5 Å². The second-order valence-electron chi connectivity index (χ2n) is 8.02. The molecule has 1 spiro atoms. The number of methoxy groups -OCH3 is 2. The third-order valence-corrected chi connectivity index (χ3v) is 6.08. The molecule has 7 nitrogen and oxygen atoms in total. The zero-order valence-electron chi connectivity index (χ0n) is 18.3. The Labute approximate surface area is 185 Å². The first-order valence-corrected chi connectivity index (χ1v) is 10.3. The summed E-state index contributed by atoms with van der Waals surface area (Å²) in [7, 11) is 3.09. The van der Waals surface area contributed by atoms with Gasteiger partial charge in [-0.15, -0.1) is 0 Å². The van der Waals surface area contributed by atoms with E-state index in [1.807, 2.05) is 38.1 Å². The number of anilines is 3. The lowest BCUT2D eigenvalue weighted by molar-refractivity contribution is -0.119. The Morgan fingerprint density at radius 2 is 1.72 bits per heavy atom. The molecule has 1 atom stereocenters. The second kappa shape index (κ2) is 7.02. The number of hydrogen-bond donors (Lipinski definition) is 2. The van der Waals surface area contributed by atoms with Crippen molar-refractivity contribution in [1.29, 1.82) is 0 Å². The minimum Gasteiger partial charge on any atom is -0.497 e. The fourth-order valence-electron chi connectivity index (χ4n) is 4.65. The number of rotatable bonds is 3. The van der Waals surface area contributed by atoms with Crippen LogP contribution in [-0.4, -0.2) is 26.0 Å². The molecule has 0 aromatic heterocycles. The lowest BCUT2D eigenvalue weighted by atomic mass is 9.90. The molecule has 0 bridgehead atoms. The number of aryl methyl sites for hydroxylation is 2. The molecule has 5 rings (SSSR count). The fourth-order valence-corrected chi connectivity index (χ4v) is 4.65. The Morgan fingerprint density at radius 3 is 2.47 bits per heavy atom. The minimum atomic E-state index is -1.47. The van der Waals surface area contributed by atoms with E-state index >= 15 is 0 Å². The van der Waals surface area contributed by atoms with Crippen LogP contribution < -0.4 is 25.0 Å². The molecule has 1 unspecified atom stereocenters. The van der Waals surface area contributed by atoms with Crippen molar-refractivity contribution in [3.8, 4) is 11.5 Å². The molecular weight excluding hydrogens is 406 g/mol. The topological polar surface area (TPSA) is 79.9 Å². The van der Waals surface area contributed by atoms with Gasteiger partial charge in [0.2, 0.25) is 5.66 Å². The van der Waals surface area contributed by atoms with Crippen LogP contribution in [0.5, 0.6) is 11.5 Å². The first kappa shape index (κ1) is 19.9. The number of ether oxygens (including phenoxy) is 2. The van der Waals surface area contributed by atoms with Gasteiger partial charge < -0.3 is 20.1 Å². The normalized spacial score (nSPS) is 18.7. The van der Waals surface area contributed by atoms with E-state index in [4.69, 9.17) is 9.47 Å². The van der Waals surface area contributed by atoms with Crippen LogP contribution in [0.15, 0.2) is 54.6 Å². The van der Waals surface area contributed by atoms with Crippen molar-refractivity contribution in [2.45, 2.75) is 19.5 Å². The average molecular weight is 429 g/mol. The van der Waals surface area contributed by atoms with Crippen LogP contribution in [0.25, 0.3) is 0 Å². The molecule has 0 fully saturated rings. The fraction of sp³-hybridized carbons (Fsp3) is 0.200. The number of fused-ring (bicyclic) bond motifs is 3. The van der Waals surface area contributed by atoms with Crippen molar-refractivity contribution in [3.63, 3.8) is 0 Å². The summed E-state index contributed by atoms with van der Waals surface area (Å²) in [5.74, 6) is 0.371. The van der Waals surface area contributed by atoms with Gasteiger partial charge in [-0.25, -0.2) is 0 Å². The summed E-state index contributed by atoms with van der Waals surface area (Å²) in [4.78, 5) is 29.1. The van der Waals surface area contributed by atoms with Gasteiger partial charge in [0.15, 0.2) is 0 Å². The predicted octanol–water partition coefficient (Wildman–Crippen LogP) is 4.20. The number of hydrogen-bond acceptors (Lipinski definition) is 5. The highest BCUT2D eigenvalue weighted by Crippen LogP contribution is 2.50. The number of nitrogens with zero attached hydrogens (tertiary/aromatic N) is 1. The summed E-state index contributed by atoms with van der Waals surface area (Å²) in [6, 6.07) is 16.3. The van der Waals surface area contributed by atoms with Crippen molar-refractivity contribution >= 4 is 28.9 Å². The third-order valence-electron chi connectivity index (χ3n) is 6.08. The SMILES string of the molecule is COc1ccc(N2C(=O)c3ccccc3NC23C(=O)Nc2c(C)cc(C)cc23)c(OC)c1. The van der Waals surface area contributed by atoms with E-state index in [0.717, 1.165) is 11.1 Å². The number of nitrogens with one attached hydrogen (secondary N) is 2. The van der Waals surface area contributed by atoms with E-state index in [-0.39, 0.29) is 11.8 Å². The van der Waals surface area contributed by atoms with Crippen LogP contribution in [0.2, 0.25) is 0 Å². The van der Waals surface area contributed by atoms with E-state index < -0.39 is 5.66 Å². The molecule has 2 aliphatic rings. The van der Waals surface area contributed by atoms with Crippen LogP contribution in [0.3, 0.4) is 0 Å². The zero-order valence-corrected chi connectivity index (χ0v) is 18.3. The molecule has 0 aliphatic carbocycles. The molecule has 32 heavy (non-hydrogen) atoms. The number of carbonyl (C=O) groups excluding carboxylic acids is 2. The molecule has 0 radical (unpaired) electrons. The van der Waals surface area contributed by atoms with Crippen molar-refractivity contribution < 1.29 is 19.1 Å². The molecule has 2 aliphatic heterocycles. The van der Waals surface area contributed by atoms with Gasteiger partial charge in [-0.3, -0.25) is 14.5 Å². The van der Waals surface area contributed by atoms with Gasteiger partial charge in [0, 0.05) is 17.3 Å². The van der Waals surface area contributed by atoms with Gasteiger partial charge in [-0.05, 0) is 49.7 Å². The summed E-state index contributed by atoms with van der Waals surface area (Å²) in [5, 5.41) is 6.40. The summed E-state index contributed by atoms with van der Waals surface area (Å²) >= 11 is 0. The maximum atomic E-state index is 13.9. The van der Waals surface area contributed by atoms with Gasteiger partial charge >= 0.3 is 0 Å². The minimum absolute atomic E-state index is 0.301. The monoisotopic (exact) mass is 429 g/mol. The molecule has 7 heteroatoms. The molecule has 2 amide bonds. The van der Waals surface area contributed by atoms with E-state index in [0.29, 0.717) is 39.7 Å². The number of carbonyl (C=O) groups is 2. The summed E-state index contributed by atoms with van der Waals surface area (Å²) in [6.07, 6.45) is 0. The lowest BCUT2D eigenvalue weighted by Crippen LogP contribution is -2.61. The Balaban J connectivity index is 1.84. The number of para-hydroxylation sites is 1. The van der Waals surface area contributed by atoms with E-state index in [9.17, 15) is 9.59 Å². The maximum absolute atomic E-state index is 13.9. The van der Waals surface area contributed by atoms with Gasteiger partial charge in [0.25, 0.3) is 11.8 Å². The predicted molar refractivity (Wildman–Crippen MR) is 123 cm³/mol. The van der Waals surface area contributed by atoms with E-state index in [2.05, 4.69) is 10.6 Å². The Morgan fingerprint density at radius 1 is 0.938 bits per heavy atom. The van der Waals surface area contributed by atoms with E-state index in [1.165, 1.54) is 12.0 Å². The molecule has 0 saturated carbocycles. The molecule has 3 aromatic rings. The van der Waals surface area contributed by atoms with Gasteiger partial charge in [-0.1, -0.05) is 23.8 Å². The molecule has 0 saturated heterocycles. The summed E-state index contributed by atoms with van der Waals surface area (Å²) in [5.41, 5.74) is 3.39. The summed E-state index contributed by atoms with van der Waals surface area (Å²) in [6.45, 7) is 3.92. The van der Waals surface area contributed by atoms with Crippen molar-refractivity contribution in [3.05, 3.63) is 76.9 Å². The molecule has 3 aromatic carbocycles. The van der Waals surface area contributed by atoms with Crippen molar-refractivity contribution in [2.75, 3.05) is 29.8 Å². The number of amides is 2. The smallest absolute Gasteiger partial charge is 0.276 e. The van der Waals surface area contributed by atoms with Gasteiger partial charge in [0.05, 0.1) is 31.2 Å². The summed E-state index contributed by atoms with van der Waals surface area (Å²) < 4.78 is 10.9.